The van der Waals surface area contributed by atoms with Gasteiger partial charge in [0.15, 0.2) is 5.60 Å². The Morgan fingerprint density at radius 2 is 1.59 bits per heavy atom. The Labute approximate surface area is 123 Å². The second-order valence-corrected chi connectivity index (χ2v) is 4.08. The Morgan fingerprint density at radius 3 is 1.82 bits per heavy atom. The van der Waals surface area contributed by atoms with Crippen LogP contribution in [-0.2, 0) is 14.4 Å². The van der Waals surface area contributed by atoms with Crippen molar-refractivity contribution in [1.29, 1.82) is 0 Å². The monoisotopic (exact) mass is 314 g/mol. The standard InChI is InChI=1S/C6H6N2O.C6H8O7/c7-6(9)5-2-1-3-8-4-5;7-3(8)1-6(13,5(11)12)2-4(9)10/h1-4H,(H2,7,9);13H,1-2H2,(H,7,8)(H,9,10)(H,11,12). The number of carbonyl (C=O) groups is 4. The number of pyridine rings is 1. The van der Waals surface area contributed by atoms with Crippen LogP contribution < -0.4 is 5.73 Å². The van der Waals surface area contributed by atoms with Crippen molar-refractivity contribution in [3.05, 3.63) is 30.1 Å². The summed E-state index contributed by atoms with van der Waals surface area (Å²) < 4.78 is 0. The molecule has 0 fully saturated rings. The minimum atomic E-state index is -2.74. The number of carboxylic acids is 3. The van der Waals surface area contributed by atoms with Crippen molar-refractivity contribution in [3.8, 4) is 0 Å². The van der Waals surface area contributed by atoms with Gasteiger partial charge in [-0.05, 0) is 12.1 Å². The highest BCUT2D eigenvalue weighted by Crippen LogP contribution is 2.15. The van der Waals surface area contributed by atoms with E-state index in [1.165, 1.54) is 6.20 Å². The molecule has 10 heteroatoms. The number of aliphatic hydroxyl groups is 1. The average molecular weight is 314 g/mol. The summed E-state index contributed by atoms with van der Waals surface area (Å²) >= 11 is 0. The summed E-state index contributed by atoms with van der Waals surface area (Å²) in [5.41, 5.74) is 2.64. The van der Waals surface area contributed by atoms with Crippen molar-refractivity contribution in [1.82, 2.24) is 4.98 Å². The highest BCUT2D eigenvalue weighted by Gasteiger charge is 2.40. The number of amides is 1. The summed E-state index contributed by atoms with van der Waals surface area (Å²) in [6, 6.07) is 3.29. The lowest BCUT2D eigenvalue weighted by Crippen LogP contribution is -2.42. The fourth-order valence-electron chi connectivity index (χ4n) is 1.22. The number of carboxylic acid groups (broad SMARTS) is 3. The van der Waals surface area contributed by atoms with E-state index in [1.807, 2.05) is 0 Å². The van der Waals surface area contributed by atoms with Gasteiger partial charge in [0.1, 0.15) is 0 Å². The van der Waals surface area contributed by atoms with E-state index in [1.54, 1.807) is 18.3 Å². The predicted molar refractivity (Wildman–Crippen MR) is 69.8 cm³/mol. The molecule has 0 atom stereocenters. The lowest BCUT2D eigenvalue weighted by molar-refractivity contribution is -0.170. The highest BCUT2D eigenvalue weighted by molar-refractivity contribution is 5.92. The zero-order chi connectivity index (χ0) is 17.3. The first-order chi connectivity index (χ1) is 10.1. The molecular formula is C12H14N2O8. The molecule has 0 saturated heterocycles. The van der Waals surface area contributed by atoms with E-state index in [0.717, 1.165) is 0 Å². The molecule has 6 N–H and O–H groups in total. The lowest BCUT2D eigenvalue weighted by atomic mass is 9.96. The predicted octanol–water partition coefficient (Wildman–Crippen LogP) is -1.07. The molecule has 0 aromatic carbocycles. The third kappa shape index (κ3) is 6.96. The van der Waals surface area contributed by atoms with Crippen molar-refractivity contribution < 1.29 is 39.6 Å². The molecule has 0 aliphatic rings. The van der Waals surface area contributed by atoms with Crippen molar-refractivity contribution in [3.63, 3.8) is 0 Å². The Hall–Kier alpha value is -3.01. The molecule has 22 heavy (non-hydrogen) atoms. The highest BCUT2D eigenvalue weighted by atomic mass is 16.4. The van der Waals surface area contributed by atoms with Crippen LogP contribution in [0.25, 0.3) is 0 Å². The summed E-state index contributed by atoms with van der Waals surface area (Å²) in [6.07, 6.45) is 0.734. The summed E-state index contributed by atoms with van der Waals surface area (Å²) in [6.45, 7) is 0. The molecule has 0 unspecified atom stereocenters. The normalized spacial score (nSPS) is 10.0. The first-order valence-corrected chi connectivity index (χ1v) is 5.67. The van der Waals surface area contributed by atoms with Crippen LogP contribution in [0.3, 0.4) is 0 Å². The first-order valence-electron chi connectivity index (χ1n) is 5.67. The molecule has 1 amide bonds. The van der Waals surface area contributed by atoms with Gasteiger partial charge in [-0.2, -0.15) is 0 Å². The molecule has 10 nitrogen and oxygen atoms in total. The Bertz CT molecular complexity index is 542. The van der Waals surface area contributed by atoms with Crippen LogP contribution in [-0.4, -0.2) is 54.8 Å². The lowest BCUT2D eigenvalue weighted by Gasteiger charge is -2.18. The quantitative estimate of drug-likeness (QED) is 0.435. The van der Waals surface area contributed by atoms with E-state index in [4.69, 9.17) is 26.2 Å². The van der Waals surface area contributed by atoms with Gasteiger partial charge < -0.3 is 26.2 Å². The molecule has 0 bridgehead atoms. The second kappa shape index (κ2) is 8.32. The van der Waals surface area contributed by atoms with Gasteiger partial charge in [0, 0.05) is 12.4 Å². The molecule has 0 spiro atoms. The van der Waals surface area contributed by atoms with Crippen LogP contribution in [0.2, 0.25) is 0 Å². The number of aliphatic carboxylic acids is 3. The van der Waals surface area contributed by atoms with Crippen molar-refractivity contribution in [2.75, 3.05) is 0 Å². The molecule has 120 valence electrons. The van der Waals surface area contributed by atoms with Crippen LogP contribution in [0.15, 0.2) is 24.5 Å². The summed E-state index contributed by atoms with van der Waals surface area (Å²) in [7, 11) is 0. The van der Waals surface area contributed by atoms with Crippen LogP contribution >= 0.6 is 0 Å². The Balaban J connectivity index is 0.000000425. The minimum absolute atomic E-state index is 0.442. The fraction of sp³-hybridized carbons (Fsp3) is 0.250. The summed E-state index contributed by atoms with van der Waals surface area (Å²) in [5, 5.41) is 33.8. The third-order valence-corrected chi connectivity index (χ3v) is 2.23. The van der Waals surface area contributed by atoms with E-state index in [2.05, 4.69) is 4.98 Å². The molecule has 0 saturated carbocycles. The molecule has 1 rings (SSSR count). The van der Waals surface area contributed by atoms with Crippen LogP contribution in [0.5, 0.6) is 0 Å². The molecule has 1 heterocycles. The zero-order valence-electron chi connectivity index (χ0n) is 11.2. The fourth-order valence-corrected chi connectivity index (χ4v) is 1.22. The number of hydrogen-bond donors (Lipinski definition) is 5. The van der Waals surface area contributed by atoms with Crippen LogP contribution in [0.1, 0.15) is 23.2 Å². The number of rotatable bonds is 6. The van der Waals surface area contributed by atoms with Crippen molar-refractivity contribution in [2.45, 2.75) is 18.4 Å². The SMILES string of the molecule is NC(=O)c1cccnc1.O=C(O)CC(O)(CC(=O)O)C(=O)O. The summed E-state index contributed by atoms with van der Waals surface area (Å²) in [4.78, 5) is 44.6. The van der Waals surface area contributed by atoms with Gasteiger partial charge in [-0.15, -0.1) is 0 Å². The van der Waals surface area contributed by atoms with Gasteiger partial charge >= 0.3 is 17.9 Å². The van der Waals surface area contributed by atoms with E-state index >= 15 is 0 Å². The maximum absolute atomic E-state index is 10.4. The largest absolute Gasteiger partial charge is 0.481 e. The number of aromatic nitrogens is 1. The average Bonchev–Trinajstić information content (AvgIpc) is 2.38. The first kappa shape index (κ1) is 19.0. The Morgan fingerprint density at radius 1 is 1.09 bits per heavy atom. The number of carbonyl (C=O) groups excluding carboxylic acids is 1. The van der Waals surface area contributed by atoms with Gasteiger partial charge in [-0.3, -0.25) is 19.4 Å². The molecule has 0 aliphatic heterocycles. The van der Waals surface area contributed by atoms with E-state index < -0.39 is 42.3 Å². The van der Waals surface area contributed by atoms with Crippen LogP contribution in [0, 0.1) is 0 Å². The number of nitrogens with zero attached hydrogens (tertiary/aromatic N) is 1. The van der Waals surface area contributed by atoms with Gasteiger partial charge in [0.05, 0.1) is 18.4 Å². The molecule has 1 aromatic heterocycles. The molecule has 0 aliphatic carbocycles. The maximum Gasteiger partial charge on any atom is 0.336 e. The van der Waals surface area contributed by atoms with Crippen molar-refractivity contribution >= 4 is 23.8 Å². The van der Waals surface area contributed by atoms with E-state index in [9.17, 15) is 19.2 Å². The molecule has 1 aromatic rings. The van der Waals surface area contributed by atoms with Crippen LogP contribution in [0.4, 0.5) is 0 Å². The van der Waals surface area contributed by atoms with E-state index in [-0.39, 0.29) is 0 Å². The molecular weight excluding hydrogens is 300 g/mol. The second-order valence-electron chi connectivity index (χ2n) is 4.08. The molecule has 0 radical (unpaired) electrons. The third-order valence-electron chi connectivity index (χ3n) is 2.23. The Kier molecular flexibility index (Phi) is 7.18. The van der Waals surface area contributed by atoms with E-state index in [0.29, 0.717) is 5.56 Å². The zero-order valence-corrected chi connectivity index (χ0v) is 11.2. The number of hydrogen-bond acceptors (Lipinski definition) is 6. The minimum Gasteiger partial charge on any atom is -0.481 e. The van der Waals surface area contributed by atoms with Gasteiger partial charge in [0.25, 0.3) is 0 Å². The topological polar surface area (TPSA) is 188 Å². The number of primary amides is 1. The summed E-state index contributed by atoms with van der Waals surface area (Å²) in [5.74, 6) is -5.46. The smallest absolute Gasteiger partial charge is 0.336 e. The van der Waals surface area contributed by atoms with Gasteiger partial charge in [0.2, 0.25) is 5.91 Å². The number of nitrogens with two attached hydrogens (primary N) is 1. The maximum atomic E-state index is 10.4. The van der Waals surface area contributed by atoms with Gasteiger partial charge in [-0.25, -0.2) is 4.79 Å². The van der Waals surface area contributed by atoms with Gasteiger partial charge in [-0.1, -0.05) is 0 Å². The van der Waals surface area contributed by atoms with Crippen molar-refractivity contribution in [2.24, 2.45) is 5.73 Å².